The molecule has 12 heteroatoms. The fraction of sp³-hybridized carbons (Fsp3) is 0.941. The first-order chi connectivity index (χ1) is 22.3. The Bertz CT molecular complexity index is 601. The van der Waals surface area contributed by atoms with E-state index in [-0.39, 0.29) is 0 Å². The maximum Gasteiger partial charge on any atom is 0.500 e. The minimum absolute atomic E-state index is 0.318. The highest BCUT2D eigenvalue weighted by Crippen LogP contribution is 2.22. The van der Waals surface area contributed by atoms with Crippen molar-refractivity contribution in [3.63, 3.8) is 0 Å². The number of carbonyl (C=O) groups excluding carboxylic acids is 2. The van der Waals surface area contributed by atoms with Gasteiger partial charge in [0.1, 0.15) is 0 Å². The van der Waals surface area contributed by atoms with Crippen LogP contribution in [0.3, 0.4) is 0 Å². The Morgan fingerprint density at radius 1 is 0.413 bits per heavy atom. The van der Waals surface area contributed by atoms with E-state index >= 15 is 0 Å². The van der Waals surface area contributed by atoms with Crippen LogP contribution in [0.4, 0.5) is 0 Å². The molecule has 0 aliphatic heterocycles. The van der Waals surface area contributed by atoms with E-state index in [1.807, 2.05) is 41.5 Å². The van der Waals surface area contributed by atoms with Crippen molar-refractivity contribution in [1.29, 1.82) is 0 Å². The number of hydrogen-bond acceptors (Lipinski definition) is 10. The van der Waals surface area contributed by atoms with Crippen LogP contribution < -0.4 is 0 Å². The van der Waals surface area contributed by atoms with Gasteiger partial charge in [-0.2, -0.15) is 0 Å². The van der Waals surface area contributed by atoms with Gasteiger partial charge in [-0.05, 0) is 67.2 Å². The van der Waals surface area contributed by atoms with Crippen molar-refractivity contribution in [3.05, 3.63) is 0 Å². The van der Waals surface area contributed by atoms with Crippen LogP contribution in [-0.4, -0.2) is 79.0 Å². The first-order valence-electron chi connectivity index (χ1n) is 18.4. The van der Waals surface area contributed by atoms with Crippen LogP contribution in [0.5, 0.6) is 0 Å². The fourth-order valence-electron chi connectivity index (χ4n) is 4.84. The zero-order chi connectivity index (χ0) is 34.8. The molecule has 0 atom stereocenters. The Kier molecular flexibility index (Phi) is 36.9. The second-order valence-corrected chi connectivity index (χ2v) is 18.7. The first kappa shape index (κ1) is 48.3. The van der Waals surface area contributed by atoms with Gasteiger partial charge in [-0.1, -0.05) is 88.7 Å². The third kappa shape index (κ3) is 28.1. The predicted octanol–water partition coefficient (Wildman–Crippen LogP) is 10.1. The third-order valence-corrected chi connectivity index (χ3v) is 15.3. The molecule has 0 saturated heterocycles. The van der Waals surface area contributed by atoms with Crippen molar-refractivity contribution in [1.82, 2.24) is 0 Å². The monoisotopic (exact) mass is 728 g/mol. The molecular formula is C34H72O8S2Si2. The maximum absolute atomic E-state index is 11.9. The van der Waals surface area contributed by atoms with Crippen molar-refractivity contribution < 1.29 is 36.1 Å². The van der Waals surface area contributed by atoms with E-state index in [0.717, 1.165) is 49.3 Å². The van der Waals surface area contributed by atoms with Crippen molar-refractivity contribution in [2.75, 3.05) is 51.1 Å². The molecule has 8 nitrogen and oxygen atoms in total. The van der Waals surface area contributed by atoms with Crippen molar-refractivity contribution in [2.45, 2.75) is 157 Å². The lowest BCUT2D eigenvalue weighted by Gasteiger charge is -2.28. The van der Waals surface area contributed by atoms with E-state index in [4.69, 9.17) is 26.6 Å². The number of thioether (sulfide) groups is 2. The summed E-state index contributed by atoms with van der Waals surface area (Å²) in [4.78, 5) is 23.7. The predicted molar refractivity (Wildman–Crippen MR) is 202 cm³/mol. The summed E-state index contributed by atoms with van der Waals surface area (Å²) in [5, 5.41) is 0.635. The topological polar surface area (TPSA) is 89.5 Å². The van der Waals surface area contributed by atoms with Crippen LogP contribution in [0.2, 0.25) is 12.1 Å². The molecule has 0 bridgehead atoms. The average molecular weight is 729 g/mol. The minimum Gasteiger partial charge on any atom is -0.374 e. The summed E-state index contributed by atoms with van der Waals surface area (Å²) in [6.07, 6.45) is 15.2. The van der Waals surface area contributed by atoms with Gasteiger partial charge in [-0.25, -0.2) is 0 Å². The van der Waals surface area contributed by atoms with E-state index in [2.05, 4.69) is 13.8 Å². The SMILES string of the molecule is CCCCCCCC(=O)SCCC[Si](OCC)(OCC)OCC.CCCCCCCC(=O)SCCC[Si](OCC)(OCC)OCC. The second-order valence-electron chi connectivity index (χ2n) is 10.9. The molecule has 0 aromatic heterocycles. The molecule has 0 amide bonds. The van der Waals surface area contributed by atoms with Crippen molar-refractivity contribution >= 4 is 51.4 Å². The van der Waals surface area contributed by atoms with Gasteiger partial charge in [-0.3, -0.25) is 9.59 Å². The zero-order valence-electron chi connectivity index (χ0n) is 31.1. The van der Waals surface area contributed by atoms with Crippen LogP contribution in [-0.2, 0) is 36.1 Å². The quantitative estimate of drug-likeness (QED) is 0.0493. The van der Waals surface area contributed by atoms with Crippen LogP contribution in [0.25, 0.3) is 0 Å². The lowest BCUT2D eigenvalue weighted by atomic mass is 10.1. The molecule has 0 aromatic carbocycles. The maximum atomic E-state index is 11.9. The summed E-state index contributed by atoms with van der Waals surface area (Å²) in [5.41, 5.74) is 0. The summed E-state index contributed by atoms with van der Waals surface area (Å²) >= 11 is 2.90. The second kappa shape index (κ2) is 35.1. The first-order valence-corrected chi connectivity index (χ1v) is 24.3. The van der Waals surface area contributed by atoms with Crippen LogP contribution in [0.15, 0.2) is 0 Å². The van der Waals surface area contributed by atoms with Gasteiger partial charge in [0, 0.05) is 76.1 Å². The zero-order valence-corrected chi connectivity index (χ0v) is 34.7. The summed E-state index contributed by atoms with van der Waals surface area (Å²) in [5.74, 6) is 1.66. The minimum atomic E-state index is -2.53. The Balaban J connectivity index is 0. The van der Waals surface area contributed by atoms with Gasteiger partial charge in [0.25, 0.3) is 0 Å². The summed E-state index contributed by atoms with van der Waals surface area (Å²) in [7, 11) is -5.07. The summed E-state index contributed by atoms with van der Waals surface area (Å²) in [6.45, 7) is 19.9. The number of hydrogen-bond donors (Lipinski definition) is 0. The molecule has 0 N–H and O–H groups in total. The average Bonchev–Trinajstić information content (AvgIpc) is 3.02. The standard InChI is InChI=1S/2C17H36O4SSi/c2*1-5-9-10-11-12-14-17(18)22-15-13-16-23(19-6-2,20-7-3)21-8-4/h2*5-16H2,1-4H3. The lowest BCUT2D eigenvalue weighted by Crippen LogP contribution is -2.46. The molecule has 0 spiro atoms. The number of carbonyl (C=O) groups is 2. The Labute approximate surface area is 295 Å². The van der Waals surface area contributed by atoms with Gasteiger partial charge >= 0.3 is 17.6 Å². The highest BCUT2D eigenvalue weighted by molar-refractivity contribution is 8.13. The number of unbranched alkanes of at least 4 members (excludes halogenated alkanes) is 8. The molecule has 0 radical (unpaired) electrons. The molecule has 0 fully saturated rings. The molecule has 0 aliphatic rings. The molecule has 0 unspecified atom stereocenters. The summed E-state index contributed by atoms with van der Waals surface area (Å²) < 4.78 is 34.9. The fourth-order valence-corrected chi connectivity index (χ4v) is 12.2. The smallest absolute Gasteiger partial charge is 0.374 e. The van der Waals surface area contributed by atoms with Crippen LogP contribution >= 0.6 is 23.5 Å². The Morgan fingerprint density at radius 3 is 0.957 bits per heavy atom. The molecule has 0 aromatic rings. The molecule has 46 heavy (non-hydrogen) atoms. The molecule has 276 valence electrons. The van der Waals surface area contributed by atoms with E-state index in [1.54, 1.807) is 0 Å². The van der Waals surface area contributed by atoms with Gasteiger partial charge in [0.05, 0.1) is 0 Å². The molecule has 0 aliphatic carbocycles. The van der Waals surface area contributed by atoms with E-state index in [9.17, 15) is 9.59 Å². The van der Waals surface area contributed by atoms with Crippen LogP contribution in [0.1, 0.15) is 145 Å². The largest absolute Gasteiger partial charge is 0.500 e. The lowest BCUT2D eigenvalue weighted by molar-refractivity contribution is -0.111. The molecule has 0 heterocycles. The molecule has 0 saturated carbocycles. The van der Waals surface area contributed by atoms with E-state index in [0.29, 0.717) is 62.7 Å². The highest BCUT2D eigenvalue weighted by atomic mass is 32.2. The van der Waals surface area contributed by atoms with Gasteiger partial charge in [0.2, 0.25) is 0 Å². The highest BCUT2D eigenvalue weighted by Gasteiger charge is 2.40. The van der Waals surface area contributed by atoms with Crippen LogP contribution in [0, 0.1) is 0 Å². The Morgan fingerprint density at radius 2 is 0.696 bits per heavy atom. The van der Waals surface area contributed by atoms with E-state index in [1.165, 1.54) is 74.9 Å². The molecular weight excluding hydrogens is 657 g/mol. The normalized spacial score (nSPS) is 11.8. The van der Waals surface area contributed by atoms with Gasteiger partial charge < -0.3 is 26.6 Å². The molecule has 0 rings (SSSR count). The van der Waals surface area contributed by atoms with E-state index < -0.39 is 17.6 Å². The Hall–Kier alpha value is 0.234. The van der Waals surface area contributed by atoms with Crippen molar-refractivity contribution in [3.8, 4) is 0 Å². The third-order valence-electron chi connectivity index (χ3n) is 6.94. The van der Waals surface area contributed by atoms with Gasteiger partial charge in [-0.15, -0.1) is 0 Å². The summed E-state index contributed by atoms with van der Waals surface area (Å²) in [6, 6.07) is 1.58. The van der Waals surface area contributed by atoms with Crippen molar-refractivity contribution in [2.24, 2.45) is 0 Å². The van der Waals surface area contributed by atoms with Gasteiger partial charge in [0.15, 0.2) is 10.2 Å². The number of rotatable bonds is 32.